The van der Waals surface area contributed by atoms with Crippen LogP contribution >= 0.6 is 23.2 Å². The van der Waals surface area contributed by atoms with Crippen molar-refractivity contribution in [3.8, 4) is 0 Å². The molecule has 4 rings (SSSR count). The van der Waals surface area contributed by atoms with Crippen LogP contribution in [0.15, 0.2) is 30.3 Å². The van der Waals surface area contributed by atoms with Gasteiger partial charge in [0, 0.05) is 24.2 Å². The van der Waals surface area contributed by atoms with E-state index in [-0.39, 0.29) is 45.2 Å². The number of benzene rings is 2. The number of anilines is 1. The second kappa shape index (κ2) is 10.9. The molecule has 2 amide bonds. The molecule has 1 spiro atoms. The van der Waals surface area contributed by atoms with E-state index in [1.807, 2.05) is 20.8 Å². The molecule has 6 atom stereocenters. The zero-order valence-corrected chi connectivity index (χ0v) is 23.6. The lowest BCUT2D eigenvalue weighted by Gasteiger charge is -2.37. The first-order valence-corrected chi connectivity index (χ1v) is 13.6. The summed E-state index contributed by atoms with van der Waals surface area (Å²) in [7, 11) is 0. The van der Waals surface area contributed by atoms with E-state index < -0.39 is 59.1 Å². The second-order valence-electron chi connectivity index (χ2n) is 11.5. The molecule has 2 aromatic rings. The van der Waals surface area contributed by atoms with Crippen molar-refractivity contribution in [1.29, 1.82) is 0 Å². The molecule has 1 saturated heterocycles. The lowest BCUT2D eigenvalue weighted by Crippen LogP contribution is -2.49. The van der Waals surface area contributed by atoms with Crippen LogP contribution in [0, 0.1) is 17.0 Å². The van der Waals surface area contributed by atoms with E-state index in [0.29, 0.717) is 6.42 Å². The summed E-state index contributed by atoms with van der Waals surface area (Å²) < 4.78 is 30.6. The van der Waals surface area contributed by atoms with E-state index in [1.165, 1.54) is 30.3 Å². The van der Waals surface area contributed by atoms with Gasteiger partial charge in [0.2, 0.25) is 11.8 Å². The standard InChI is InChI=1S/C28H33Cl2F2N3O4/c1-5-19(36)20(37)12-33-25(38)24-22(13-7-6-8-15(29)23(13)32)28(21(35-24)11-27(2,3)4)14-9-17(31)16(30)10-18(14)34-26(28)39/h6-10,19-22,24,35-37H,5,11-12H2,1-4H3,(H,33,38)(H,34,39)/t19-,20+,21-,22+,24-,28+/m1/s1. The number of nitrogens with one attached hydrogen (secondary N) is 3. The molecule has 0 unspecified atom stereocenters. The van der Waals surface area contributed by atoms with E-state index in [9.17, 15) is 24.2 Å². The Bertz CT molecular complexity index is 1290. The van der Waals surface area contributed by atoms with Crippen LogP contribution in [-0.4, -0.2) is 52.9 Å². The molecule has 5 N–H and O–H groups in total. The molecule has 39 heavy (non-hydrogen) atoms. The van der Waals surface area contributed by atoms with Gasteiger partial charge in [-0.2, -0.15) is 0 Å². The van der Waals surface area contributed by atoms with E-state index in [0.717, 1.165) is 0 Å². The molecule has 1 fully saturated rings. The minimum absolute atomic E-state index is 0.0130. The Morgan fingerprint density at radius 2 is 1.85 bits per heavy atom. The number of amides is 2. The highest BCUT2D eigenvalue weighted by molar-refractivity contribution is 6.31. The maximum atomic E-state index is 15.7. The average Bonchev–Trinajstić information content (AvgIpc) is 3.33. The van der Waals surface area contributed by atoms with Crippen LogP contribution in [0.3, 0.4) is 0 Å². The van der Waals surface area contributed by atoms with Crippen molar-refractivity contribution in [2.45, 2.75) is 76.2 Å². The number of carbonyl (C=O) groups excluding carboxylic acids is 2. The predicted octanol–water partition coefficient (Wildman–Crippen LogP) is 4.27. The molecular weight excluding hydrogens is 551 g/mol. The smallest absolute Gasteiger partial charge is 0.237 e. The van der Waals surface area contributed by atoms with E-state index >= 15 is 4.39 Å². The zero-order chi connectivity index (χ0) is 28.9. The predicted molar refractivity (Wildman–Crippen MR) is 146 cm³/mol. The van der Waals surface area contributed by atoms with Gasteiger partial charge in [-0.3, -0.25) is 9.59 Å². The van der Waals surface area contributed by atoms with E-state index in [2.05, 4.69) is 16.0 Å². The van der Waals surface area contributed by atoms with Gasteiger partial charge in [-0.1, -0.05) is 63.0 Å². The number of halogens is 4. The number of aliphatic hydroxyl groups excluding tert-OH is 2. The van der Waals surface area contributed by atoms with Crippen LogP contribution in [0.4, 0.5) is 14.5 Å². The Morgan fingerprint density at radius 1 is 1.15 bits per heavy atom. The summed E-state index contributed by atoms with van der Waals surface area (Å²) in [5.74, 6) is -3.85. The molecule has 212 valence electrons. The summed E-state index contributed by atoms with van der Waals surface area (Å²) in [6, 6.07) is 4.93. The van der Waals surface area contributed by atoms with Gasteiger partial charge in [0.05, 0.1) is 28.3 Å². The number of hydrogen-bond acceptors (Lipinski definition) is 5. The monoisotopic (exact) mass is 583 g/mol. The first-order chi connectivity index (χ1) is 18.2. The molecule has 0 aromatic heterocycles. The van der Waals surface area contributed by atoms with Crippen molar-refractivity contribution >= 4 is 40.7 Å². The fraction of sp³-hybridized carbons (Fsp3) is 0.500. The van der Waals surface area contributed by atoms with Gasteiger partial charge in [-0.25, -0.2) is 8.78 Å². The van der Waals surface area contributed by atoms with Crippen molar-refractivity contribution in [1.82, 2.24) is 10.6 Å². The Labute approximate surface area is 236 Å². The molecule has 7 nitrogen and oxygen atoms in total. The summed E-state index contributed by atoms with van der Waals surface area (Å²) in [5.41, 5.74) is -1.41. The molecule has 2 heterocycles. The summed E-state index contributed by atoms with van der Waals surface area (Å²) in [6.07, 6.45) is -1.64. The molecule has 2 aromatic carbocycles. The second-order valence-corrected chi connectivity index (χ2v) is 12.3. The van der Waals surface area contributed by atoms with E-state index in [4.69, 9.17) is 23.2 Å². The molecule has 0 bridgehead atoms. The topological polar surface area (TPSA) is 111 Å². The van der Waals surface area contributed by atoms with Gasteiger partial charge in [0.25, 0.3) is 0 Å². The number of aliphatic hydroxyl groups is 2. The third-order valence-corrected chi connectivity index (χ3v) is 8.23. The molecular formula is C28H33Cl2F2N3O4. The van der Waals surface area contributed by atoms with Gasteiger partial charge in [0.1, 0.15) is 17.0 Å². The van der Waals surface area contributed by atoms with Gasteiger partial charge >= 0.3 is 0 Å². The van der Waals surface area contributed by atoms with Crippen LogP contribution in [0.1, 0.15) is 57.6 Å². The van der Waals surface area contributed by atoms with Crippen molar-refractivity contribution < 1.29 is 28.6 Å². The number of rotatable bonds is 7. The maximum absolute atomic E-state index is 15.7. The van der Waals surface area contributed by atoms with Crippen LogP contribution in [0.2, 0.25) is 10.0 Å². The summed E-state index contributed by atoms with van der Waals surface area (Å²) >= 11 is 12.2. The molecule has 2 aliphatic rings. The fourth-order valence-corrected chi connectivity index (χ4v) is 6.23. The third kappa shape index (κ3) is 5.27. The van der Waals surface area contributed by atoms with Crippen LogP contribution in [0.25, 0.3) is 0 Å². The first kappa shape index (κ1) is 29.7. The van der Waals surface area contributed by atoms with Crippen molar-refractivity contribution in [3.63, 3.8) is 0 Å². The molecule has 11 heteroatoms. The summed E-state index contributed by atoms with van der Waals surface area (Å²) in [6.45, 7) is 7.31. The molecule has 0 saturated carbocycles. The van der Waals surface area contributed by atoms with Gasteiger partial charge < -0.3 is 26.2 Å². The van der Waals surface area contributed by atoms with E-state index in [1.54, 1.807) is 6.92 Å². The highest BCUT2D eigenvalue weighted by atomic mass is 35.5. The van der Waals surface area contributed by atoms with Crippen LogP contribution < -0.4 is 16.0 Å². The minimum Gasteiger partial charge on any atom is -0.390 e. The summed E-state index contributed by atoms with van der Waals surface area (Å²) in [4.78, 5) is 27.7. The largest absolute Gasteiger partial charge is 0.390 e. The number of carbonyl (C=O) groups is 2. The molecule has 2 aliphatic heterocycles. The Hall–Kier alpha value is -2.30. The first-order valence-electron chi connectivity index (χ1n) is 12.9. The molecule has 0 aliphatic carbocycles. The lowest BCUT2D eigenvalue weighted by atomic mass is 9.62. The number of hydrogen-bond donors (Lipinski definition) is 5. The third-order valence-electron chi connectivity index (χ3n) is 7.65. The van der Waals surface area contributed by atoms with Gasteiger partial charge in [-0.05, 0) is 47.6 Å². The average molecular weight is 584 g/mol. The van der Waals surface area contributed by atoms with Crippen molar-refractivity contribution in [2.75, 3.05) is 11.9 Å². The maximum Gasteiger partial charge on any atom is 0.237 e. The van der Waals surface area contributed by atoms with Crippen LogP contribution in [0.5, 0.6) is 0 Å². The molecule has 0 radical (unpaired) electrons. The Balaban J connectivity index is 1.93. The highest BCUT2D eigenvalue weighted by Gasteiger charge is 2.66. The normalized spacial score (nSPS) is 25.9. The van der Waals surface area contributed by atoms with Gasteiger partial charge in [-0.15, -0.1) is 0 Å². The number of fused-ring (bicyclic) bond motifs is 2. The quantitative estimate of drug-likeness (QED) is 0.334. The summed E-state index contributed by atoms with van der Waals surface area (Å²) in [5, 5.41) is 28.5. The van der Waals surface area contributed by atoms with Crippen molar-refractivity contribution in [3.05, 3.63) is 63.1 Å². The van der Waals surface area contributed by atoms with Crippen molar-refractivity contribution in [2.24, 2.45) is 5.41 Å². The Kier molecular flexibility index (Phi) is 8.32. The lowest BCUT2D eigenvalue weighted by molar-refractivity contribution is -0.124. The Morgan fingerprint density at radius 3 is 2.49 bits per heavy atom. The minimum atomic E-state index is -1.61. The van der Waals surface area contributed by atoms with Crippen LogP contribution in [-0.2, 0) is 15.0 Å². The fourth-order valence-electron chi connectivity index (χ4n) is 5.89. The van der Waals surface area contributed by atoms with Gasteiger partial charge in [0.15, 0.2) is 0 Å². The zero-order valence-electron chi connectivity index (χ0n) is 22.1. The highest BCUT2D eigenvalue weighted by Crippen LogP contribution is 2.57. The SMILES string of the molecule is CC[C@@H](O)[C@@H](O)CNC(=O)[C@@H]1N[C@H](CC(C)(C)C)[C@]2(C(=O)Nc3cc(Cl)c(F)cc32)[C@H]1c1cccc(Cl)c1F.